The summed E-state index contributed by atoms with van der Waals surface area (Å²) >= 11 is 0. The van der Waals surface area contributed by atoms with Crippen LogP contribution >= 0.6 is 24.0 Å². The second kappa shape index (κ2) is 11.1. The van der Waals surface area contributed by atoms with Gasteiger partial charge in [0.15, 0.2) is 5.96 Å². The van der Waals surface area contributed by atoms with Crippen molar-refractivity contribution in [3.05, 3.63) is 52.9 Å². The molecule has 2 heterocycles. The van der Waals surface area contributed by atoms with E-state index in [2.05, 4.69) is 47.4 Å². The number of aliphatic imine (C=N–C) groups is 1. The van der Waals surface area contributed by atoms with Crippen molar-refractivity contribution in [3.63, 3.8) is 0 Å². The maximum atomic E-state index is 12.6. The SMILES string of the molecule is CCNC(=NCc1ccc(C)cc1C)N1CCN(S(=O)(=O)Cc2ccon2)CC1.I. The molecule has 3 rings (SSSR count). The van der Waals surface area contributed by atoms with Gasteiger partial charge in [0, 0.05) is 38.8 Å². The minimum absolute atomic E-state index is 0. The summed E-state index contributed by atoms with van der Waals surface area (Å²) in [4.78, 5) is 6.91. The smallest absolute Gasteiger partial charge is 0.220 e. The Balaban J connectivity index is 0.00000320. The standard InChI is InChI=1S/C20H29N5O3S.HI/c1-4-21-20(22-14-18-6-5-16(2)13-17(18)3)24-8-10-25(11-9-24)29(26,27)15-19-7-12-28-23-19;/h5-7,12-13H,4,8-11,14-15H2,1-3H3,(H,21,22);1H. The summed E-state index contributed by atoms with van der Waals surface area (Å²) in [6.07, 6.45) is 1.39. The third kappa shape index (κ3) is 6.42. The summed E-state index contributed by atoms with van der Waals surface area (Å²) in [5.41, 5.74) is 4.09. The third-order valence-electron chi connectivity index (χ3n) is 4.99. The zero-order valence-electron chi connectivity index (χ0n) is 17.7. The number of hydrogen-bond acceptors (Lipinski definition) is 5. The number of rotatable bonds is 6. The number of sulfonamides is 1. The molecule has 166 valence electrons. The predicted molar refractivity (Wildman–Crippen MR) is 128 cm³/mol. The van der Waals surface area contributed by atoms with E-state index in [0.29, 0.717) is 38.4 Å². The fourth-order valence-corrected chi connectivity index (χ4v) is 4.80. The first kappa shape index (κ1) is 24.6. The fourth-order valence-electron chi connectivity index (χ4n) is 3.38. The minimum atomic E-state index is -3.41. The predicted octanol–water partition coefficient (Wildman–Crippen LogP) is 2.52. The highest BCUT2D eigenvalue weighted by Crippen LogP contribution is 2.14. The fraction of sp³-hybridized carbons (Fsp3) is 0.500. The lowest BCUT2D eigenvalue weighted by atomic mass is 10.1. The summed E-state index contributed by atoms with van der Waals surface area (Å²) in [5.74, 6) is 0.686. The van der Waals surface area contributed by atoms with E-state index in [4.69, 9.17) is 9.52 Å². The Morgan fingerprint density at radius 3 is 2.53 bits per heavy atom. The average Bonchev–Trinajstić information content (AvgIpc) is 3.19. The Hall–Kier alpha value is -1.66. The molecule has 0 radical (unpaired) electrons. The third-order valence-corrected chi connectivity index (χ3v) is 6.80. The second-order valence-electron chi connectivity index (χ2n) is 7.23. The maximum absolute atomic E-state index is 12.6. The molecule has 0 amide bonds. The van der Waals surface area contributed by atoms with Crippen molar-refractivity contribution in [2.24, 2.45) is 4.99 Å². The van der Waals surface area contributed by atoms with Crippen LogP contribution in [-0.2, 0) is 22.3 Å². The van der Waals surface area contributed by atoms with E-state index in [0.717, 1.165) is 12.5 Å². The quantitative estimate of drug-likeness (QED) is 0.340. The summed E-state index contributed by atoms with van der Waals surface area (Å²) < 4.78 is 31.5. The van der Waals surface area contributed by atoms with Crippen LogP contribution in [-0.4, -0.2) is 61.5 Å². The van der Waals surface area contributed by atoms with Crippen LogP contribution in [0.4, 0.5) is 0 Å². The number of nitrogens with one attached hydrogen (secondary N) is 1. The zero-order chi connectivity index (χ0) is 20.9. The van der Waals surface area contributed by atoms with Crippen molar-refractivity contribution in [1.82, 2.24) is 19.7 Å². The van der Waals surface area contributed by atoms with Crippen molar-refractivity contribution in [1.29, 1.82) is 0 Å². The number of guanidine groups is 1. The van der Waals surface area contributed by atoms with E-state index >= 15 is 0 Å². The summed E-state index contributed by atoms with van der Waals surface area (Å²) in [6, 6.07) is 7.96. The molecule has 30 heavy (non-hydrogen) atoms. The number of nitrogens with zero attached hydrogens (tertiary/aromatic N) is 4. The van der Waals surface area contributed by atoms with Gasteiger partial charge in [-0.1, -0.05) is 28.9 Å². The van der Waals surface area contributed by atoms with Gasteiger partial charge in [0.2, 0.25) is 10.0 Å². The van der Waals surface area contributed by atoms with Crippen LogP contribution in [0, 0.1) is 13.8 Å². The molecule has 1 aliphatic rings. The normalized spacial score (nSPS) is 15.7. The molecule has 1 saturated heterocycles. The number of piperazine rings is 1. The molecule has 1 aliphatic heterocycles. The van der Waals surface area contributed by atoms with Crippen molar-refractivity contribution >= 4 is 40.0 Å². The van der Waals surface area contributed by atoms with E-state index in [1.54, 1.807) is 6.07 Å². The van der Waals surface area contributed by atoms with Gasteiger partial charge in [-0.2, -0.15) is 4.31 Å². The molecular weight excluding hydrogens is 517 g/mol. The van der Waals surface area contributed by atoms with E-state index in [1.165, 1.54) is 27.3 Å². The molecule has 0 unspecified atom stereocenters. The topological polar surface area (TPSA) is 91.0 Å². The van der Waals surface area contributed by atoms with E-state index in [-0.39, 0.29) is 29.7 Å². The van der Waals surface area contributed by atoms with Gasteiger partial charge in [0.1, 0.15) is 12.0 Å². The highest BCUT2D eigenvalue weighted by molar-refractivity contribution is 14.0. The van der Waals surface area contributed by atoms with Gasteiger partial charge < -0.3 is 14.7 Å². The number of aryl methyl sites for hydroxylation is 2. The van der Waals surface area contributed by atoms with E-state index in [9.17, 15) is 8.42 Å². The first-order valence-electron chi connectivity index (χ1n) is 9.85. The summed E-state index contributed by atoms with van der Waals surface area (Å²) in [5, 5.41) is 7.04. The molecule has 0 aliphatic carbocycles. The Bertz CT molecular complexity index is 939. The molecule has 1 fully saturated rings. The molecule has 0 atom stereocenters. The molecular formula is C20H30IN5O3S. The second-order valence-corrected chi connectivity index (χ2v) is 9.20. The van der Waals surface area contributed by atoms with Crippen LogP contribution in [0.2, 0.25) is 0 Å². The van der Waals surface area contributed by atoms with Crippen molar-refractivity contribution in [3.8, 4) is 0 Å². The number of hydrogen-bond donors (Lipinski definition) is 1. The van der Waals surface area contributed by atoms with E-state index < -0.39 is 10.0 Å². The first-order valence-corrected chi connectivity index (χ1v) is 11.5. The summed E-state index contributed by atoms with van der Waals surface area (Å²) in [6.45, 7) is 9.61. The Kier molecular flexibility index (Phi) is 9.10. The minimum Gasteiger partial charge on any atom is -0.364 e. The van der Waals surface area contributed by atoms with Crippen LogP contribution in [0.5, 0.6) is 0 Å². The molecule has 0 bridgehead atoms. The van der Waals surface area contributed by atoms with Gasteiger partial charge in [-0.05, 0) is 31.9 Å². The number of benzene rings is 1. The van der Waals surface area contributed by atoms with Gasteiger partial charge in [0.25, 0.3) is 0 Å². The monoisotopic (exact) mass is 547 g/mol. The molecule has 10 heteroatoms. The Labute approximate surface area is 195 Å². The molecule has 2 aromatic rings. The molecule has 8 nitrogen and oxygen atoms in total. The van der Waals surface area contributed by atoms with Crippen molar-refractivity contribution in [2.45, 2.75) is 33.1 Å². The Morgan fingerprint density at radius 2 is 1.93 bits per heavy atom. The maximum Gasteiger partial charge on any atom is 0.220 e. The van der Waals surface area contributed by atoms with Crippen LogP contribution in [0.15, 0.2) is 40.0 Å². The molecule has 1 aromatic carbocycles. The van der Waals surface area contributed by atoms with Crippen LogP contribution in [0.3, 0.4) is 0 Å². The van der Waals surface area contributed by atoms with Gasteiger partial charge >= 0.3 is 0 Å². The Morgan fingerprint density at radius 1 is 1.20 bits per heavy atom. The molecule has 0 saturated carbocycles. The zero-order valence-corrected chi connectivity index (χ0v) is 20.8. The van der Waals surface area contributed by atoms with Crippen LogP contribution in [0.1, 0.15) is 29.3 Å². The molecule has 1 aromatic heterocycles. The average molecular weight is 547 g/mol. The van der Waals surface area contributed by atoms with Gasteiger partial charge in [-0.3, -0.25) is 0 Å². The van der Waals surface area contributed by atoms with Crippen molar-refractivity contribution in [2.75, 3.05) is 32.7 Å². The van der Waals surface area contributed by atoms with Gasteiger partial charge in [0.05, 0.1) is 12.2 Å². The largest absolute Gasteiger partial charge is 0.364 e. The van der Waals surface area contributed by atoms with E-state index in [1.807, 2.05) is 6.92 Å². The van der Waals surface area contributed by atoms with Gasteiger partial charge in [-0.15, -0.1) is 24.0 Å². The number of halogens is 1. The summed E-state index contributed by atoms with van der Waals surface area (Å²) in [7, 11) is -3.41. The van der Waals surface area contributed by atoms with Crippen LogP contribution < -0.4 is 5.32 Å². The molecule has 1 N–H and O–H groups in total. The highest BCUT2D eigenvalue weighted by atomic mass is 127. The molecule has 0 spiro atoms. The first-order chi connectivity index (χ1) is 13.9. The lowest BCUT2D eigenvalue weighted by Gasteiger charge is -2.35. The lowest BCUT2D eigenvalue weighted by Crippen LogP contribution is -2.53. The lowest BCUT2D eigenvalue weighted by molar-refractivity contribution is 0.259. The highest BCUT2D eigenvalue weighted by Gasteiger charge is 2.29. The van der Waals surface area contributed by atoms with Crippen molar-refractivity contribution < 1.29 is 12.9 Å². The van der Waals surface area contributed by atoms with Crippen LogP contribution in [0.25, 0.3) is 0 Å². The van der Waals surface area contributed by atoms with Gasteiger partial charge in [-0.25, -0.2) is 13.4 Å². The number of aromatic nitrogens is 1.